The Morgan fingerprint density at radius 2 is 1.90 bits per heavy atom. The second-order valence-electron chi connectivity index (χ2n) is 5.81. The van der Waals surface area contributed by atoms with Gasteiger partial charge in [0.25, 0.3) is 0 Å². The molecule has 0 aliphatic heterocycles. The first-order valence-electron chi connectivity index (χ1n) is 7.09. The fourth-order valence-corrected chi connectivity index (χ4v) is 3.02. The van der Waals surface area contributed by atoms with E-state index in [1.54, 1.807) is 11.3 Å². The largest absolute Gasteiger partial charge is 0.337 e. The number of carbonyl (C=O) groups excluding carboxylic acids is 1. The number of rotatable bonds is 5. The Morgan fingerprint density at radius 3 is 2.57 bits per heavy atom. The molecule has 0 aliphatic rings. The summed E-state index contributed by atoms with van der Waals surface area (Å²) in [4.78, 5) is 13.0. The van der Waals surface area contributed by atoms with Gasteiger partial charge in [0, 0.05) is 16.8 Å². The van der Waals surface area contributed by atoms with Crippen molar-refractivity contribution in [2.75, 3.05) is 6.54 Å². The van der Waals surface area contributed by atoms with E-state index in [0.29, 0.717) is 13.1 Å². The Bertz CT molecular complexity index is 591. The standard InChI is InChI=1S/C17H22N2OS/c1-13-7-4-5-9-15(13)17(2,3)12-19-16(20)18-11-14-8-6-10-21-14/h4-10H,11-12H2,1-3H3,(H2,18,19,20). The molecule has 0 saturated heterocycles. The van der Waals surface area contributed by atoms with E-state index in [0.717, 1.165) is 4.88 Å². The molecule has 2 amide bonds. The molecule has 1 aromatic carbocycles. The number of carbonyl (C=O) groups is 1. The maximum atomic E-state index is 11.9. The van der Waals surface area contributed by atoms with Gasteiger partial charge >= 0.3 is 6.03 Å². The first-order valence-corrected chi connectivity index (χ1v) is 7.97. The zero-order valence-electron chi connectivity index (χ0n) is 12.8. The highest BCUT2D eigenvalue weighted by molar-refractivity contribution is 7.09. The van der Waals surface area contributed by atoms with E-state index in [1.807, 2.05) is 29.6 Å². The number of hydrogen-bond acceptors (Lipinski definition) is 2. The van der Waals surface area contributed by atoms with Crippen LogP contribution in [0.4, 0.5) is 4.79 Å². The van der Waals surface area contributed by atoms with Crippen LogP contribution < -0.4 is 10.6 Å². The molecule has 2 aromatic rings. The minimum atomic E-state index is -0.120. The summed E-state index contributed by atoms with van der Waals surface area (Å²) < 4.78 is 0. The Kier molecular flexibility index (Phi) is 5.02. The predicted molar refractivity (Wildman–Crippen MR) is 88.8 cm³/mol. The van der Waals surface area contributed by atoms with Gasteiger partial charge in [0.05, 0.1) is 6.54 Å². The van der Waals surface area contributed by atoms with Crippen molar-refractivity contribution >= 4 is 17.4 Å². The summed E-state index contributed by atoms with van der Waals surface area (Å²) in [5.41, 5.74) is 2.43. The van der Waals surface area contributed by atoms with Crippen LogP contribution >= 0.6 is 11.3 Å². The number of hydrogen-bond donors (Lipinski definition) is 2. The molecule has 2 N–H and O–H groups in total. The van der Waals surface area contributed by atoms with Gasteiger partial charge in [0.2, 0.25) is 0 Å². The highest BCUT2D eigenvalue weighted by atomic mass is 32.1. The van der Waals surface area contributed by atoms with Crippen LogP contribution in [0.3, 0.4) is 0 Å². The van der Waals surface area contributed by atoms with Crippen LogP contribution in [0, 0.1) is 6.92 Å². The molecule has 0 fully saturated rings. The maximum Gasteiger partial charge on any atom is 0.315 e. The summed E-state index contributed by atoms with van der Waals surface area (Å²) in [7, 11) is 0. The van der Waals surface area contributed by atoms with Crippen LogP contribution in [0.1, 0.15) is 29.9 Å². The average Bonchev–Trinajstić information content (AvgIpc) is 2.96. The lowest BCUT2D eigenvalue weighted by molar-refractivity contribution is 0.238. The third-order valence-corrected chi connectivity index (χ3v) is 4.44. The van der Waals surface area contributed by atoms with Crippen LogP contribution in [0.2, 0.25) is 0 Å². The lowest BCUT2D eigenvalue weighted by Crippen LogP contribution is -2.42. The van der Waals surface area contributed by atoms with Crippen molar-refractivity contribution in [3.05, 3.63) is 57.8 Å². The summed E-state index contributed by atoms with van der Waals surface area (Å²) in [5, 5.41) is 7.86. The lowest BCUT2D eigenvalue weighted by Gasteiger charge is -2.27. The van der Waals surface area contributed by atoms with E-state index in [-0.39, 0.29) is 11.4 Å². The number of thiophene rings is 1. The van der Waals surface area contributed by atoms with Gasteiger partial charge in [-0.05, 0) is 29.5 Å². The van der Waals surface area contributed by atoms with Gasteiger partial charge in [-0.15, -0.1) is 11.3 Å². The zero-order chi connectivity index (χ0) is 15.3. The van der Waals surface area contributed by atoms with Crippen LogP contribution in [-0.2, 0) is 12.0 Å². The van der Waals surface area contributed by atoms with E-state index in [9.17, 15) is 4.79 Å². The van der Waals surface area contributed by atoms with Gasteiger partial charge in [-0.1, -0.05) is 44.2 Å². The molecular weight excluding hydrogens is 280 g/mol. The number of aryl methyl sites for hydroxylation is 1. The van der Waals surface area contributed by atoms with E-state index >= 15 is 0 Å². The van der Waals surface area contributed by atoms with Crippen LogP contribution in [-0.4, -0.2) is 12.6 Å². The molecule has 0 bridgehead atoms. The number of benzene rings is 1. The number of amides is 2. The molecule has 0 aliphatic carbocycles. The first kappa shape index (κ1) is 15.6. The summed E-state index contributed by atoms with van der Waals surface area (Å²) >= 11 is 1.64. The topological polar surface area (TPSA) is 41.1 Å². The molecule has 1 aromatic heterocycles. The summed E-state index contributed by atoms with van der Waals surface area (Å²) in [5.74, 6) is 0. The van der Waals surface area contributed by atoms with E-state index < -0.39 is 0 Å². The molecule has 0 radical (unpaired) electrons. The van der Waals surface area contributed by atoms with Gasteiger partial charge < -0.3 is 10.6 Å². The molecule has 1 heterocycles. The highest BCUT2D eigenvalue weighted by Gasteiger charge is 2.22. The van der Waals surface area contributed by atoms with Crippen LogP contribution in [0.25, 0.3) is 0 Å². The molecular formula is C17H22N2OS. The fourth-order valence-electron chi connectivity index (χ4n) is 2.37. The zero-order valence-corrected chi connectivity index (χ0v) is 13.6. The van der Waals surface area contributed by atoms with Crippen molar-refractivity contribution in [2.45, 2.75) is 32.7 Å². The Morgan fingerprint density at radius 1 is 1.14 bits per heavy atom. The van der Waals surface area contributed by atoms with Crippen molar-refractivity contribution in [1.82, 2.24) is 10.6 Å². The fraction of sp³-hybridized carbons (Fsp3) is 0.353. The molecule has 112 valence electrons. The van der Waals surface area contributed by atoms with E-state index in [2.05, 4.69) is 43.5 Å². The third kappa shape index (κ3) is 4.33. The van der Waals surface area contributed by atoms with Crippen LogP contribution in [0.5, 0.6) is 0 Å². The molecule has 21 heavy (non-hydrogen) atoms. The van der Waals surface area contributed by atoms with Gasteiger partial charge in [-0.25, -0.2) is 4.79 Å². The minimum absolute atomic E-state index is 0.0917. The Labute approximate surface area is 130 Å². The molecule has 0 atom stereocenters. The van der Waals surface area contributed by atoms with E-state index in [4.69, 9.17) is 0 Å². The monoisotopic (exact) mass is 302 g/mol. The molecule has 3 nitrogen and oxygen atoms in total. The highest BCUT2D eigenvalue weighted by Crippen LogP contribution is 2.25. The molecule has 4 heteroatoms. The Balaban J connectivity index is 1.86. The third-order valence-electron chi connectivity index (χ3n) is 3.57. The quantitative estimate of drug-likeness (QED) is 0.866. The molecule has 2 rings (SSSR count). The second-order valence-corrected chi connectivity index (χ2v) is 6.85. The van der Waals surface area contributed by atoms with Gasteiger partial charge in [-0.3, -0.25) is 0 Å². The van der Waals surface area contributed by atoms with Crippen molar-refractivity contribution in [3.8, 4) is 0 Å². The first-order chi connectivity index (χ1) is 9.99. The van der Waals surface area contributed by atoms with Crippen molar-refractivity contribution in [1.29, 1.82) is 0 Å². The average molecular weight is 302 g/mol. The SMILES string of the molecule is Cc1ccccc1C(C)(C)CNC(=O)NCc1cccs1. The van der Waals surface area contributed by atoms with E-state index in [1.165, 1.54) is 11.1 Å². The lowest BCUT2D eigenvalue weighted by atomic mass is 9.82. The maximum absolute atomic E-state index is 11.9. The Hall–Kier alpha value is -1.81. The van der Waals surface area contributed by atoms with Gasteiger partial charge in [0.15, 0.2) is 0 Å². The van der Waals surface area contributed by atoms with Gasteiger partial charge in [-0.2, -0.15) is 0 Å². The summed E-state index contributed by atoms with van der Waals surface area (Å²) in [6.07, 6.45) is 0. The van der Waals surface area contributed by atoms with Crippen molar-refractivity contribution in [3.63, 3.8) is 0 Å². The van der Waals surface area contributed by atoms with Gasteiger partial charge in [0.1, 0.15) is 0 Å². The number of nitrogens with one attached hydrogen (secondary N) is 2. The molecule has 0 spiro atoms. The van der Waals surface area contributed by atoms with Crippen molar-refractivity contribution in [2.24, 2.45) is 0 Å². The smallest absolute Gasteiger partial charge is 0.315 e. The summed E-state index contributed by atoms with van der Waals surface area (Å²) in [6.45, 7) is 7.58. The van der Waals surface area contributed by atoms with Crippen LogP contribution in [0.15, 0.2) is 41.8 Å². The predicted octanol–water partition coefficient (Wildman–Crippen LogP) is 3.83. The summed E-state index contributed by atoms with van der Waals surface area (Å²) in [6, 6.07) is 12.2. The second kappa shape index (κ2) is 6.76. The normalized spacial score (nSPS) is 11.2. The van der Waals surface area contributed by atoms with Crippen molar-refractivity contribution < 1.29 is 4.79 Å². The number of urea groups is 1. The molecule has 0 saturated carbocycles. The minimum Gasteiger partial charge on any atom is -0.337 e. The molecule has 0 unspecified atom stereocenters.